The standard InChI is InChI=1S/C21H24N4O2S/c1-26-19-9-7-18(8-10-19)24-13-11-23(12-14-24)16-25-21(28)27-20(22-25)15-17-5-3-2-4-6-17/h2-10H,11-16H2,1H3. The molecule has 6 nitrogen and oxygen atoms in total. The van der Waals surface area contributed by atoms with Crippen LogP contribution in [-0.2, 0) is 13.1 Å². The van der Waals surface area contributed by atoms with Crippen LogP contribution in [0.25, 0.3) is 0 Å². The first-order chi connectivity index (χ1) is 13.7. The zero-order valence-corrected chi connectivity index (χ0v) is 16.8. The van der Waals surface area contributed by atoms with Crippen LogP contribution >= 0.6 is 12.2 Å². The van der Waals surface area contributed by atoms with Crippen molar-refractivity contribution < 1.29 is 9.15 Å². The van der Waals surface area contributed by atoms with Gasteiger partial charge < -0.3 is 14.1 Å². The normalized spacial score (nSPS) is 15.0. The number of nitrogens with zero attached hydrogens (tertiary/aromatic N) is 4. The van der Waals surface area contributed by atoms with E-state index in [-0.39, 0.29) is 0 Å². The van der Waals surface area contributed by atoms with Crippen LogP contribution in [0, 0.1) is 4.84 Å². The molecule has 2 aromatic carbocycles. The molecule has 1 aromatic heterocycles. The quantitative estimate of drug-likeness (QED) is 0.594. The monoisotopic (exact) mass is 396 g/mol. The first-order valence-electron chi connectivity index (χ1n) is 9.43. The lowest BCUT2D eigenvalue weighted by atomic mass is 10.2. The maximum atomic E-state index is 5.69. The third kappa shape index (κ3) is 4.43. The number of rotatable bonds is 6. The largest absolute Gasteiger partial charge is 0.497 e. The molecule has 1 aliphatic rings. The Bertz CT molecular complexity index is 945. The third-order valence-electron chi connectivity index (χ3n) is 4.99. The van der Waals surface area contributed by atoms with Gasteiger partial charge in [-0.05, 0) is 42.0 Å². The molecule has 0 bridgehead atoms. The minimum Gasteiger partial charge on any atom is -0.497 e. The molecule has 2 heterocycles. The molecule has 1 aliphatic heterocycles. The van der Waals surface area contributed by atoms with Crippen LogP contribution in [0.3, 0.4) is 0 Å². The van der Waals surface area contributed by atoms with E-state index in [4.69, 9.17) is 21.4 Å². The Hall–Kier alpha value is -2.64. The number of ether oxygens (including phenoxy) is 1. The van der Waals surface area contributed by atoms with Crippen molar-refractivity contribution >= 4 is 17.9 Å². The highest BCUT2D eigenvalue weighted by atomic mass is 32.1. The molecule has 0 radical (unpaired) electrons. The van der Waals surface area contributed by atoms with Gasteiger partial charge in [0.15, 0.2) is 0 Å². The fourth-order valence-electron chi connectivity index (χ4n) is 3.41. The lowest BCUT2D eigenvalue weighted by Gasteiger charge is -2.35. The van der Waals surface area contributed by atoms with Crippen molar-refractivity contribution in [2.24, 2.45) is 0 Å². The lowest BCUT2D eigenvalue weighted by molar-refractivity contribution is 0.192. The van der Waals surface area contributed by atoms with Gasteiger partial charge in [-0.15, -0.1) is 5.10 Å². The van der Waals surface area contributed by atoms with E-state index < -0.39 is 0 Å². The van der Waals surface area contributed by atoms with Crippen LogP contribution in [-0.4, -0.2) is 48.0 Å². The molecule has 146 valence electrons. The summed E-state index contributed by atoms with van der Waals surface area (Å²) in [7, 11) is 1.69. The minimum absolute atomic E-state index is 0.434. The topological polar surface area (TPSA) is 46.7 Å². The van der Waals surface area contributed by atoms with E-state index >= 15 is 0 Å². The molecular weight excluding hydrogens is 372 g/mol. The summed E-state index contributed by atoms with van der Waals surface area (Å²) in [4.78, 5) is 5.17. The van der Waals surface area contributed by atoms with Gasteiger partial charge in [0.1, 0.15) is 5.75 Å². The number of hydrogen-bond acceptors (Lipinski definition) is 6. The summed E-state index contributed by atoms with van der Waals surface area (Å²) in [5, 5.41) is 4.57. The predicted octanol–water partition coefficient (Wildman–Crippen LogP) is 3.58. The number of hydrogen-bond donors (Lipinski definition) is 0. The summed E-state index contributed by atoms with van der Waals surface area (Å²) in [6.45, 7) is 4.50. The van der Waals surface area contributed by atoms with Crippen molar-refractivity contribution in [2.45, 2.75) is 13.1 Å². The van der Waals surface area contributed by atoms with Crippen LogP contribution < -0.4 is 9.64 Å². The van der Waals surface area contributed by atoms with Crippen molar-refractivity contribution in [3.63, 3.8) is 0 Å². The molecule has 1 saturated heterocycles. The van der Waals surface area contributed by atoms with E-state index in [2.05, 4.69) is 39.2 Å². The molecule has 0 spiro atoms. The Kier molecular flexibility index (Phi) is 5.73. The maximum absolute atomic E-state index is 5.69. The minimum atomic E-state index is 0.434. The SMILES string of the molecule is COc1ccc(N2CCN(Cn3nc(Cc4ccccc4)oc3=S)CC2)cc1. The maximum Gasteiger partial charge on any atom is 0.288 e. The van der Waals surface area contributed by atoms with E-state index in [0.29, 0.717) is 23.8 Å². The number of aromatic nitrogens is 2. The van der Waals surface area contributed by atoms with Gasteiger partial charge in [0, 0.05) is 31.9 Å². The average molecular weight is 397 g/mol. The summed E-state index contributed by atoms with van der Waals surface area (Å²) in [5.74, 6) is 1.54. The zero-order chi connectivity index (χ0) is 19.3. The molecule has 0 atom stereocenters. The summed E-state index contributed by atoms with van der Waals surface area (Å²) in [6.07, 6.45) is 0.655. The van der Waals surface area contributed by atoms with Crippen LogP contribution in [0.5, 0.6) is 5.75 Å². The van der Waals surface area contributed by atoms with Gasteiger partial charge in [-0.1, -0.05) is 30.3 Å². The van der Waals surface area contributed by atoms with Gasteiger partial charge in [-0.3, -0.25) is 4.90 Å². The molecule has 1 fully saturated rings. The van der Waals surface area contributed by atoms with Gasteiger partial charge in [-0.2, -0.15) is 0 Å². The van der Waals surface area contributed by atoms with E-state index in [1.807, 2.05) is 30.3 Å². The number of benzene rings is 2. The molecule has 28 heavy (non-hydrogen) atoms. The summed E-state index contributed by atoms with van der Waals surface area (Å²) in [6, 6.07) is 18.4. The smallest absolute Gasteiger partial charge is 0.288 e. The van der Waals surface area contributed by atoms with Crippen molar-refractivity contribution in [2.75, 3.05) is 38.2 Å². The molecule has 0 aliphatic carbocycles. The van der Waals surface area contributed by atoms with Crippen molar-refractivity contribution in [1.82, 2.24) is 14.7 Å². The summed E-state index contributed by atoms with van der Waals surface area (Å²) in [5.41, 5.74) is 2.39. The number of piperazine rings is 1. The lowest BCUT2D eigenvalue weighted by Crippen LogP contribution is -2.46. The average Bonchev–Trinajstić information content (AvgIpc) is 3.08. The second kappa shape index (κ2) is 8.58. The Morgan fingerprint density at radius 2 is 1.71 bits per heavy atom. The summed E-state index contributed by atoms with van der Waals surface area (Å²) >= 11 is 5.37. The Morgan fingerprint density at radius 3 is 2.39 bits per heavy atom. The highest BCUT2D eigenvalue weighted by Gasteiger charge is 2.19. The predicted molar refractivity (Wildman–Crippen MR) is 111 cm³/mol. The molecule has 0 amide bonds. The van der Waals surface area contributed by atoms with Crippen LogP contribution in [0.1, 0.15) is 11.5 Å². The third-order valence-corrected chi connectivity index (χ3v) is 5.28. The van der Waals surface area contributed by atoms with Crippen molar-refractivity contribution in [1.29, 1.82) is 0 Å². The van der Waals surface area contributed by atoms with Crippen molar-refractivity contribution in [3.05, 3.63) is 70.9 Å². The second-order valence-electron chi connectivity index (χ2n) is 6.87. The molecule has 3 aromatic rings. The second-order valence-corrected chi connectivity index (χ2v) is 7.22. The van der Waals surface area contributed by atoms with E-state index in [1.165, 1.54) is 11.3 Å². The zero-order valence-electron chi connectivity index (χ0n) is 16.0. The molecule has 0 N–H and O–H groups in total. The molecule has 7 heteroatoms. The fraction of sp³-hybridized carbons (Fsp3) is 0.333. The molecule has 4 rings (SSSR count). The highest BCUT2D eigenvalue weighted by Crippen LogP contribution is 2.20. The van der Waals surface area contributed by atoms with Gasteiger partial charge in [0.25, 0.3) is 4.84 Å². The van der Waals surface area contributed by atoms with Crippen LogP contribution in [0.15, 0.2) is 59.0 Å². The number of methoxy groups -OCH3 is 1. The van der Waals surface area contributed by atoms with Gasteiger partial charge in [-0.25, -0.2) is 4.68 Å². The van der Waals surface area contributed by atoms with E-state index in [9.17, 15) is 0 Å². The first-order valence-corrected chi connectivity index (χ1v) is 9.84. The number of anilines is 1. The Morgan fingerprint density at radius 1 is 1.00 bits per heavy atom. The first kappa shape index (κ1) is 18.7. The Labute approximate surface area is 169 Å². The Balaban J connectivity index is 1.34. The fourth-order valence-corrected chi connectivity index (χ4v) is 3.61. The highest BCUT2D eigenvalue weighted by molar-refractivity contribution is 7.71. The van der Waals surface area contributed by atoms with E-state index in [0.717, 1.165) is 31.9 Å². The summed E-state index contributed by atoms with van der Waals surface area (Å²) < 4.78 is 12.7. The van der Waals surface area contributed by atoms with Gasteiger partial charge >= 0.3 is 0 Å². The van der Waals surface area contributed by atoms with Crippen LogP contribution in [0.2, 0.25) is 0 Å². The van der Waals surface area contributed by atoms with Crippen LogP contribution in [0.4, 0.5) is 5.69 Å². The molecular formula is C21H24N4O2S. The van der Waals surface area contributed by atoms with Crippen molar-refractivity contribution in [3.8, 4) is 5.75 Å². The molecule has 0 unspecified atom stereocenters. The van der Waals surface area contributed by atoms with Gasteiger partial charge in [0.2, 0.25) is 5.89 Å². The molecule has 0 saturated carbocycles. The van der Waals surface area contributed by atoms with E-state index in [1.54, 1.807) is 11.8 Å². The van der Waals surface area contributed by atoms with Gasteiger partial charge in [0.05, 0.1) is 20.2 Å².